The number of methoxy groups -OCH3 is 1. The van der Waals surface area contributed by atoms with Crippen LogP contribution in [-0.4, -0.2) is 42.0 Å². The molecule has 1 amide bonds. The quantitative estimate of drug-likeness (QED) is 0.761. The van der Waals surface area contributed by atoms with Gasteiger partial charge in [-0.2, -0.15) is 5.10 Å². The molecule has 8 nitrogen and oxygen atoms in total. The number of hydrogen-bond acceptors (Lipinski definition) is 6. The molecule has 1 aromatic heterocycles. The van der Waals surface area contributed by atoms with Gasteiger partial charge in [-0.15, -0.1) is 0 Å². The molecule has 0 saturated heterocycles. The van der Waals surface area contributed by atoms with Crippen LogP contribution in [0.1, 0.15) is 28.7 Å². The van der Waals surface area contributed by atoms with Crippen LogP contribution >= 0.6 is 0 Å². The predicted octanol–water partition coefficient (Wildman–Crippen LogP) is 2.24. The molecular formula is C18H23N3O5. The highest BCUT2D eigenvalue weighted by Crippen LogP contribution is 2.28. The molecule has 0 radical (unpaired) electrons. The summed E-state index contributed by atoms with van der Waals surface area (Å²) in [7, 11) is 3.31. The van der Waals surface area contributed by atoms with E-state index in [1.807, 2.05) is 13.8 Å². The van der Waals surface area contributed by atoms with Gasteiger partial charge in [-0.3, -0.25) is 9.48 Å². The van der Waals surface area contributed by atoms with Crippen molar-refractivity contribution in [3.8, 4) is 11.5 Å². The Kier molecular flexibility index (Phi) is 6.21. The molecule has 0 bridgehead atoms. The number of carbonyl (C=O) groups is 2. The minimum Gasteiger partial charge on any atom is -0.493 e. The topological polar surface area (TPSA) is 91.7 Å². The van der Waals surface area contributed by atoms with Gasteiger partial charge in [0.25, 0.3) is 5.91 Å². The van der Waals surface area contributed by atoms with Gasteiger partial charge in [0.05, 0.1) is 36.4 Å². The van der Waals surface area contributed by atoms with E-state index in [1.54, 1.807) is 30.8 Å². The Bertz CT molecular complexity index is 813. The van der Waals surface area contributed by atoms with Crippen LogP contribution < -0.4 is 14.8 Å². The second kappa shape index (κ2) is 8.37. The second-order valence-corrected chi connectivity index (χ2v) is 5.59. The highest BCUT2D eigenvalue weighted by atomic mass is 16.5. The number of ether oxygens (including phenoxy) is 3. The Balaban J connectivity index is 1.99. The van der Waals surface area contributed by atoms with Crippen molar-refractivity contribution in [2.75, 3.05) is 25.6 Å². The molecule has 26 heavy (non-hydrogen) atoms. The van der Waals surface area contributed by atoms with Crippen molar-refractivity contribution >= 4 is 17.6 Å². The summed E-state index contributed by atoms with van der Waals surface area (Å²) >= 11 is 0. The highest BCUT2D eigenvalue weighted by molar-refractivity contribution is 5.96. The third kappa shape index (κ3) is 4.33. The molecule has 0 unspecified atom stereocenters. The van der Waals surface area contributed by atoms with Gasteiger partial charge in [-0.25, -0.2) is 4.79 Å². The zero-order valence-electron chi connectivity index (χ0n) is 15.6. The number of nitrogens with one attached hydrogen (secondary N) is 1. The van der Waals surface area contributed by atoms with Crippen molar-refractivity contribution < 1.29 is 23.8 Å². The molecule has 0 aliphatic carbocycles. The first-order chi connectivity index (χ1) is 12.4. The third-order valence-corrected chi connectivity index (χ3v) is 3.81. The normalized spacial score (nSPS) is 10.3. The molecule has 2 aromatic rings. The minimum absolute atomic E-state index is 0.274. The Morgan fingerprint density at radius 2 is 1.96 bits per heavy atom. The third-order valence-electron chi connectivity index (χ3n) is 3.81. The molecule has 1 heterocycles. The smallest absolute Gasteiger partial charge is 0.338 e. The maximum absolute atomic E-state index is 12.2. The van der Waals surface area contributed by atoms with Crippen LogP contribution in [0, 0.1) is 13.8 Å². The summed E-state index contributed by atoms with van der Waals surface area (Å²) in [4.78, 5) is 24.2. The van der Waals surface area contributed by atoms with Crippen LogP contribution in [-0.2, 0) is 16.6 Å². The molecule has 0 aliphatic rings. The molecule has 140 valence electrons. The summed E-state index contributed by atoms with van der Waals surface area (Å²) in [5.41, 5.74) is 2.41. The molecule has 1 N–H and O–H groups in total. The molecule has 2 rings (SSSR count). The largest absolute Gasteiger partial charge is 0.493 e. The minimum atomic E-state index is -0.622. The molecular weight excluding hydrogens is 338 g/mol. The number of aryl methyl sites for hydroxylation is 2. The standard InChI is InChI=1S/C18H23N3O5/c1-6-25-15-9-13(7-8-14(15)24-5)18(23)26-10-16(22)19-17-11(2)20-21(4)12(17)3/h7-9H,6,10H2,1-5H3,(H,19,22). The first-order valence-corrected chi connectivity index (χ1v) is 8.15. The van der Waals surface area contributed by atoms with Gasteiger partial charge in [0.1, 0.15) is 0 Å². The number of aromatic nitrogens is 2. The van der Waals surface area contributed by atoms with Crippen LogP contribution in [0.25, 0.3) is 0 Å². The van der Waals surface area contributed by atoms with Crippen LogP contribution in [0.3, 0.4) is 0 Å². The summed E-state index contributed by atoms with van der Waals surface area (Å²) < 4.78 is 17.4. The van der Waals surface area contributed by atoms with Gasteiger partial charge < -0.3 is 19.5 Å². The van der Waals surface area contributed by atoms with Crippen molar-refractivity contribution in [1.82, 2.24) is 9.78 Å². The van der Waals surface area contributed by atoms with Crippen LogP contribution in [0.4, 0.5) is 5.69 Å². The molecule has 8 heteroatoms. The van der Waals surface area contributed by atoms with E-state index >= 15 is 0 Å². The zero-order chi connectivity index (χ0) is 19.3. The van der Waals surface area contributed by atoms with E-state index in [4.69, 9.17) is 14.2 Å². The fraction of sp³-hybridized carbons (Fsp3) is 0.389. The number of esters is 1. The Morgan fingerprint density at radius 3 is 2.54 bits per heavy atom. The number of amides is 1. The number of nitrogens with zero attached hydrogens (tertiary/aromatic N) is 2. The fourth-order valence-electron chi connectivity index (χ4n) is 2.42. The van der Waals surface area contributed by atoms with Crippen molar-refractivity contribution in [2.45, 2.75) is 20.8 Å². The summed E-state index contributed by atoms with van der Waals surface area (Å²) in [5, 5.41) is 6.93. The molecule has 0 spiro atoms. The van der Waals surface area contributed by atoms with Crippen LogP contribution in [0.2, 0.25) is 0 Å². The highest BCUT2D eigenvalue weighted by Gasteiger charge is 2.16. The lowest BCUT2D eigenvalue weighted by Crippen LogP contribution is -2.21. The molecule has 0 aliphatic heterocycles. The fourth-order valence-corrected chi connectivity index (χ4v) is 2.42. The van der Waals surface area contributed by atoms with Crippen molar-refractivity contribution in [3.63, 3.8) is 0 Å². The lowest BCUT2D eigenvalue weighted by Gasteiger charge is -2.11. The monoisotopic (exact) mass is 361 g/mol. The number of anilines is 1. The first kappa shape index (κ1) is 19.3. The lowest BCUT2D eigenvalue weighted by molar-refractivity contribution is -0.119. The van der Waals surface area contributed by atoms with Gasteiger partial charge in [0, 0.05) is 7.05 Å². The summed E-state index contributed by atoms with van der Waals surface area (Å²) in [6.07, 6.45) is 0. The molecule has 0 saturated carbocycles. The number of carbonyl (C=O) groups excluding carboxylic acids is 2. The maximum atomic E-state index is 12.2. The molecule has 1 aromatic carbocycles. The summed E-state index contributed by atoms with van der Waals surface area (Å²) in [6, 6.07) is 4.69. The Morgan fingerprint density at radius 1 is 1.23 bits per heavy atom. The Labute approximate surface area is 152 Å². The predicted molar refractivity (Wildman–Crippen MR) is 95.8 cm³/mol. The van der Waals surface area contributed by atoms with E-state index in [0.29, 0.717) is 29.5 Å². The van der Waals surface area contributed by atoms with Crippen molar-refractivity contribution in [2.24, 2.45) is 7.05 Å². The maximum Gasteiger partial charge on any atom is 0.338 e. The summed E-state index contributed by atoms with van der Waals surface area (Å²) in [6.45, 7) is 5.50. The number of benzene rings is 1. The van der Waals surface area contributed by atoms with Crippen molar-refractivity contribution in [1.29, 1.82) is 0 Å². The van der Waals surface area contributed by atoms with E-state index in [1.165, 1.54) is 13.2 Å². The number of hydrogen-bond donors (Lipinski definition) is 1. The van der Waals surface area contributed by atoms with Crippen LogP contribution in [0.5, 0.6) is 11.5 Å². The lowest BCUT2D eigenvalue weighted by atomic mass is 10.2. The Hall–Kier alpha value is -3.03. The van der Waals surface area contributed by atoms with Gasteiger partial charge >= 0.3 is 5.97 Å². The van der Waals surface area contributed by atoms with Crippen LogP contribution in [0.15, 0.2) is 18.2 Å². The van der Waals surface area contributed by atoms with Crippen molar-refractivity contribution in [3.05, 3.63) is 35.2 Å². The van der Waals surface area contributed by atoms with Gasteiger partial charge in [-0.05, 0) is 39.0 Å². The van der Waals surface area contributed by atoms with E-state index < -0.39 is 18.5 Å². The van der Waals surface area contributed by atoms with Gasteiger partial charge in [-0.1, -0.05) is 0 Å². The SMILES string of the molecule is CCOc1cc(C(=O)OCC(=O)Nc2c(C)nn(C)c2C)ccc1OC. The zero-order valence-corrected chi connectivity index (χ0v) is 15.6. The molecule has 0 atom stereocenters. The average molecular weight is 361 g/mol. The second-order valence-electron chi connectivity index (χ2n) is 5.59. The van der Waals surface area contributed by atoms with E-state index in [9.17, 15) is 9.59 Å². The summed E-state index contributed by atoms with van der Waals surface area (Å²) in [5.74, 6) is -0.0985. The number of rotatable bonds is 7. The van der Waals surface area contributed by atoms with E-state index in [0.717, 1.165) is 5.69 Å². The van der Waals surface area contributed by atoms with E-state index in [2.05, 4.69) is 10.4 Å². The first-order valence-electron chi connectivity index (χ1n) is 8.15. The van der Waals surface area contributed by atoms with E-state index in [-0.39, 0.29) is 5.56 Å². The average Bonchev–Trinajstić information content (AvgIpc) is 2.86. The van der Waals surface area contributed by atoms with Gasteiger partial charge in [0.2, 0.25) is 0 Å². The van der Waals surface area contributed by atoms with Gasteiger partial charge in [0.15, 0.2) is 18.1 Å². The molecule has 0 fully saturated rings.